The molecule has 1 unspecified atom stereocenters. The summed E-state index contributed by atoms with van der Waals surface area (Å²) in [7, 11) is 5.04. The van der Waals surface area contributed by atoms with E-state index < -0.39 is 6.04 Å². The number of methoxy groups -OCH3 is 2. The Morgan fingerprint density at radius 3 is 2.52 bits per heavy atom. The van der Waals surface area contributed by atoms with Crippen molar-refractivity contribution in [2.75, 3.05) is 20.8 Å². The smallest absolute Gasteiger partial charge is 0.252 e. The van der Waals surface area contributed by atoms with Gasteiger partial charge in [0.2, 0.25) is 0 Å². The summed E-state index contributed by atoms with van der Waals surface area (Å²) >= 11 is 0. The number of amides is 1. The van der Waals surface area contributed by atoms with Gasteiger partial charge in [-0.3, -0.25) is 4.79 Å². The summed E-state index contributed by atoms with van der Waals surface area (Å²) in [5.74, 6) is 2.21. The van der Waals surface area contributed by atoms with Crippen LogP contribution in [0, 0.1) is 0 Å². The van der Waals surface area contributed by atoms with Gasteiger partial charge >= 0.3 is 0 Å². The van der Waals surface area contributed by atoms with E-state index >= 15 is 0 Å². The van der Waals surface area contributed by atoms with E-state index in [0.29, 0.717) is 35.2 Å². The van der Waals surface area contributed by atoms with Crippen LogP contribution in [0.3, 0.4) is 0 Å². The van der Waals surface area contributed by atoms with Crippen LogP contribution in [-0.4, -0.2) is 36.3 Å². The molecule has 0 bridgehead atoms. The van der Waals surface area contributed by atoms with Crippen molar-refractivity contribution in [1.82, 2.24) is 14.9 Å². The number of hydrogen-bond donors (Lipinski definition) is 1. The average molecular weight is 395 g/mol. The van der Waals surface area contributed by atoms with Crippen LogP contribution >= 0.6 is 0 Å². The molecule has 1 aromatic heterocycles. The van der Waals surface area contributed by atoms with E-state index in [1.807, 2.05) is 49.0 Å². The van der Waals surface area contributed by atoms with Crippen molar-refractivity contribution >= 4 is 5.91 Å². The molecule has 1 N–H and O–H groups in total. The van der Waals surface area contributed by atoms with Gasteiger partial charge in [0, 0.05) is 30.6 Å². The summed E-state index contributed by atoms with van der Waals surface area (Å²) in [5, 5.41) is 3.07. The van der Waals surface area contributed by atoms with Crippen molar-refractivity contribution in [3.8, 4) is 17.2 Å². The zero-order valence-electron chi connectivity index (χ0n) is 17.0. The number of nitrogens with one attached hydrogen (secondary N) is 1. The molecule has 7 heteroatoms. The first-order valence-corrected chi connectivity index (χ1v) is 9.30. The maximum atomic E-state index is 13.1. The molecule has 0 aliphatic carbocycles. The predicted molar refractivity (Wildman–Crippen MR) is 110 cm³/mol. The number of aromatic nitrogens is 2. The zero-order valence-corrected chi connectivity index (χ0v) is 17.0. The highest BCUT2D eigenvalue weighted by atomic mass is 16.5. The highest BCUT2D eigenvalue weighted by Crippen LogP contribution is 2.31. The van der Waals surface area contributed by atoms with Crippen LogP contribution in [0.15, 0.2) is 54.9 Å². The molecule has 1 heterocycles. The number of hydrogen-bond acceptors (Lipinski definition) is 5. The molecule has 0 aliphatic heterocycles. The van der Waals surface area contributed by atoms with Crippen molar-refractivity contribution in [2.24, 2.45) is 7.05 Å². The summed E-state index contributed by atoms with van der Waals surface area (Å²) < 4.78 is 18.3. The number of para-hydroxylation sites is 1. The lowest BCUT2D eigenvalue weighted by Crippen LogP contribution is -2.31. The lowest BCUT2D eigenvalue weighted by Gasteiger charge is -2.21. The number of rotatable bonds is 8. The molecule has 2 aromatic carbocycles. The third-order valence-electron chi connectivity index (χ3n) is 4.57. The molecule has 0 fully saturated rings. The third kappa shape index (κ3) is 4.34. The van der Waals surface area contributed by atoms with Gasteiger partial charge in [0.15, 0.2) is 11.5 Å². The first-order chi connectivity index (χ1) is 14.1. The minimum Gasteiger partial charge on any atom is -0.496 e. The van der Waals surface area contributed by atoms with Crippen LogP contribution in [-0.2, 0) is 7.05 Å². The Morgan fingerprint density at radius 2 is 1.86 bits per heavy atom. The molecule has 152 valence electrons. The third-order valence-corrected chi connectivity index (χ3v) is 4.57. The van der Waals surface area contributed by atoms with E-state index in [4.69, 9.17) is 14.2 Å². The van der Waals surface area contributed by atoms with E-state index in [1.165, 1.54) is 0 Å². The Hall–Kier alpha value is -3.48. The molecule has 0 saturated carbocycles. The Morgan fingerprint density at radius 1 is 1.10 bits per heavy atom. The summed E-state index contributed by atoms with van der Waals surface area (Å²) in [5.41, 5.74) is 1.27. The van der Waals surface area contributed by atoms with E-state index in [2.05, 4.69) is 10.3 Å². The lowest BCUT2D eigenvalue weighted by molar-refractivity contribution is 0.0940. The molecule has 29 heavy (non-hydrogen) atoms. The molecular formula is C22H25N3O4. The predicted octanol–water partition coefficient (Wildman–Crippen LogP) is 3.36. The van der Waals surface area contributed by atoms with Gasteiger partial charge in [0.1, 0.15) is 17.6 Å². The minimum absolute atomic E-state index is 0.259. The van der Waals surface area contributed by atoms with Crippen LogP contribution in [0.2, 0.25) is 0 Å². The number of benzene rings is 2. The lowest BCUT2D eigenvalue weighted by atomic mass is 10.0. The van der Waals surface area contributed by atoms with Crippen molar-refractivity contribution in [3.05, 3.63) is 71.8 Å². The SMILES string of the molecule is CCOc1ccc(C(=O)NC(c2ccccc2OC)c2nccn2C)cc1OC. The zero-order chi connectivity index (χ0) is 20.8. The Kier molecular flexibility index (Phi) is 6.39. The maximum absolute atomic E-state index is 13.1. The summed E-state index contributed by atoms with van der Waals surface area (Å²) in [6, 6.07) is 12.2. The van der Waals surface area contributed by atoms with Crippen LogP contribution in [0.1, 0.15) is 34.7 Å². The van der Waals surface area contributed by atoms with Gasteiger partial charge in [-0.25, -0.2) is 4.98 Å². The fourth-order valence-corrected chi connectivity index (χ4v) is 3.14. The largest absolute Gasteiger partial charge is 0.496 e. The summed E-state index contributed by atoms with van der Waals surface area (Å²) in [6.45, 7) is 2.40. The first-order valence-electron chi connectivity index (χ1n) is 9.30. The van der Waals surface area contributed by atoms with Crippen molar-refractivity contribution < 1.29 is 19.0 Å². The number of imidazole rings is 1. The van der Waals surface area contributed by atoms with Crippen molar-refractivity contribution in [2.45, 2.75) is 13.0 Å². The van der Waals surface area contributed by atoms with Gasteiger partial charge in [-0.2, -0.15) is 0 Å². The highest BCUT2D eigenvalue weighted by Gasteiger charge is 2.24. The Labute approximate surface area is 170 Å². The van der Waals surface area contributed by atoms with E-state index in [-0.39, 0.29) is 5.91 Å². The molecule has 7 nitrogen and oxygen atoms in total. The number of carbonyl (C=O) groups is 1. The first kappa shape index (κ1) is 20.3. The van der Waals surface area contributed by atoms with E-state index in [1.54, 1.807) is 38.6 Å². The standard InChI is InChI=1S/C22H25N3O4/c1-5-29-18-11-10-15(14-19(18)28-4)22(26)24-20(21-23-12-13-25(21)2)16-8-6-7-9-17(16)27-3/h6-14,20H,5H2,1-4H3,(H,24,26). The van der Waals surface area contributed by atoms with Crippen molar-refractivity contribution in [3.63, 3.8) is 0 Å². The Balaban J connectivity index is 1.96. The molecule has 0 spiro atoms. The second-order valence-corrected chi connectivity index (χ2v) is 6.34. The summed E-state index contributed by atoms with van der Waals surface area (Å²) in [6.07, 6.45) is 3.54. The second kappa shape index (κ2) is 9.14. The molecule has 3 rings (SSSR count). The van der Waals surface area contributed by atoms with E-state index in [0.717, 1.165) is 5.56 Å². The van der Waals surface area contributed by atoms with Crippen LogP contribution in [0.25, 0.3) is 0 Å². The highest BCUT2D eigenvalue weighted by molar-refractivity contribution is 5.95. The minimum atomic E-state index is -0.490. The van der Waals surface area contributed by atoms with Crippen molar-refractivity contribution in [1.29, 1.82) is 0 Å². The molecule has 0 radical (unpaired) electrons. The molecule has 3 aromatic rings. The number of aryl methyl sites for hydroxylation is 1. The fourth-order valence-electron chi connectivity index (χ4n) is 3.14. The quantitative estimate of drug-likeness (QED) is 0.633. The normalized spacial score (nSPS) is 11.6. The average Bonchev–Trinajstić information content (AvgIpc) is 3.17. The molecule has 0 aliphatic rings. The van der Waals surface area contributed by atoms with E-state index in [9.17, 15) is 4.79 Å². The summed E-state index contributed by atoms with van der Waals surface area (Å²) in [4.78, 5) is 17.5. The number of ether oxygens (including phenoxy) is 3. The topological polar surface area (TPSA) is 74.6 Å². The molecular weight excluding hydrogens is 370 g/mol. The number of nitrogens with zero attached hydrogens (tertiary/aromatic N) is 2. The Bertz CT molecular complexity index is 984. The van der Waals surface area contributed by atoms with Crippen LogP contribution < -0.4 is 19.5 Å². The van der Waals surface area contributed by atoms with Gasteiger partial charge in [-0.15, -0.1) is 0 Å². The second-order valence-electron chi connectivity index (χ2n) is 6.34. The number of carbonyl (C=O) groups excluding carboxylic acids is 1. The van der Waals surface area contributed by atoms with Gasteiger partial charge < -0.3 is 24.1 Å². The monoisotopic (exact) mass is 395 g/mol. The maximum Gasteiger partial charge on any atom is 0.252 e. The van der Waals surface area contributed by atoms with Gasteiger partial charge in [-0.05, 0) is 31.2 Å². The van der Waals surface area contributed by atoms with Crippen LogP contribution in [0.4, 0.5) is 0 Å². The molecule has 1 amide bonds. The molecule has 1 atom stereocenters. The van der Waals surface area contributed by atoms with Gasteiger partial charge in [0.05, 0.1) is 20.8 Å². The van der Waals surface area contributed by atoms with Gasteiger partial charge in [-0.1, -0.05) is 18.2 Å². The van der Waals surface area contributed by atoms with Crippen LogP contribution in [0.5, 0.6) is 17.2 Å². The fraction of sp³-hybridized carbons (Fsp3) is 0.273. The molecule has 0 saturated heterocycles. The van der Waals surface area contributed by atoms with Gasteiger partial charge in [0.25, 0.3) is 5.91 Å².